The van der Waals surface area contributed by atoms with Gasteiger partial charge in [0.25, 0.3) is 0 Å². The summed E-state index contributed by atoms with van der Waals surface area (Å²) in [6, 6.07) is -0.0912. The third kappa shape index (κ3) is 4.26. The Morgan fingerprint density at radius 1 is 1.73 bits per heavy atom. The van der Waals surface area contributed by atoms with Crippen LogP contribution in [-0.2, 0) is 11.3 Å². The molecule has 0 radical (unpaired) electrons. The zero-order valence-electron chi connectivity index (χ0n) is 8.58. The standard InChI is InChI=1S/C9H15N3O2S/c1-2-6(10)3-8(13)11-4-7-5-15-9(14)12-7/h5-6H,2-4,10H2,1H3,(H,11,13)(H,12,14). The van der Waals surface area contributed by atoms with Gasteiger partial charge in [-0.05, 0) is 6.42 Å². The third-order valence-corrected chi connectivity index (χ3v) is 2.74. The second-order valence-corrected chi connectivity index (χ2v) is 4.16. The first-order valence-electron chi connectivity index (χ1n) is 4.80. The SMILES string of the molecule is CCC(N)CC(=O)NCc1csc(=O)[nH]1. The number of thiazole rings is 1. The van der Waals surface area contributed by atoms with Gasteiger partial charge in [0.2, 0.25) is 5.91 Å². The summed E-state index contributed by atoms with van der Waals surface area (Å²) in [5.74, 6) is -0.0867. The van der Waals surface area contributed by atoms with E-state index in [-0.39, 0.29) is 16.8 Å². The molecule has 0 aliphatic carbocycles. The fourth-order valence-electron chi connectivity index (χ4n) is 1.05. The van der Waals surface area contributed by atoms with Gasteiger partial charge in [-0.1, -0.05) is 18.3 Å². The lowest BCUT2D eigenvalue weighted by Gasteiger charge is -2.08. The highest BCUT2D eigenvalue weighted by molar-refractivity contribution is 7.07. The number of hydrogen-bond acceptors (Lipinski definition) is 4. The summed E-state index contributed by atoms with van der Waals surface area (Å²) in [5.41, 5.74) is 6.36. The van der Waals surface area contributed by atoms with E-state index in [1.54, 1.807) is 5.38 Å². The van der Waals surface area contributed by atoms with Gasteiger partial charge in [0.05, 0.1) is 6.54 Å². The topological polar surface area (TPSA) is 88.0 Å². The van der Waals surface area contributed by atoms with Crippen molar-refractivity contribution in [2.75, 3.05) is 0 Å². The molecule has 0 aromatic carbocycles. The number of rotatable bonds is 5. The molecule has 1 heterocycles. The maximum Gasteiger partial charge on any atom is 0.304 e. The summed E-state index contributed by atoms with van der Waals surface area (Å²) < 4.78 is 0. The van der Waals surface area contributed by atoms with Gasteiger partial charge in [0.15, 0.2) is 0 Å². The molecule has 0 spiro atoms. The number of carbonyl (C=O) groups excluding carboxylic acids is 1. The number of H-pyrrole nitrogens is 1. The van der Waals surface area contributed by atoms with Gasteiger partial charge in [0, 0.05) is 23.5 Å². The number of nitrogens with two attached hydrogens (primary N) is 1. The van der Waals surface area contributed by atoms with Crippen LogP contribution < -0.4 is 15.9 Å². The molecule has 1 aromatic rings. The minimum atomic E-state index is -0.107. The summed E-state index contributed by atoms with van der Waals surface area (Å²) in [4.78, 5) is 24.6. The van der Waals surface area contributed by atoms with Crippen molar-refractivity contribution in [2.24, 2.45) is 5.73 Å². The number of carbonyl (C=O) groups is 1. The summed E-state index contributed by atoms with van der Waals surface area (Å²) in [7, 11) is 0. The number of hydrogen-bond donors (Lipinski definition) is 3. The number of aromatic nitrogens is 1. The lowest BCUT2D eigenvalue weighted by atomic mass is 10.1. The van der Waals surface area contributed by atoms with Crippen LogP contribution in [0.2, 0.25) is 0 Å². The van der Waals surface area contributed by atoms with Crippen molar-refractivity contribution in [2.45, 2.75) is 32.4 Å². The Labute approximate surface area is 91.7 Å². The molecule has 1 atom stereocenters. The van der Waals surface area contributed by atoms with Crippen LogP contribution in [0.25, 0.3) is 0 Å². The zero-order chi connectivity index (χ0) is 11.3. The Kier molecular flexibility index (Phi) is 4.51. The number of aromatic amines is 1. The van der Waals surface area contributed by atoms with Crippen LogP contribution in [0, 0.1) is 0 Å². The molecule has 0 aliphatic rings. The molecule has 84 valence electrons. The second kappa shape index (κ2) is 5.67. The van der Waals surface area contributed by atoms with Crippen LogP contribution in [0.3, 0.4) is 0 Å². The first-order chi connectivity index (χ1) is 7.11. The third-order valence-electron chi connectivity index (χ3n) is 2.02. The fraction of sp³-hybridized carbons (Fsp3) is 0.556. The molecule has 1 amide bonds. The van der Waals surface area contributed by atoms with Crippen LogP contribution in [0.5, 0.6) is 0 Å². The molecule has 0 bridgehead atoms. The van der Waals surface area contributed by atoms with Gasteiger partial charge in [-0.3, -0.25) is 9.59 Å². The first-order valence-corrected chi connectivity index (χ1v) is 5.68. The van der Waals surface area contributed by atoms with Crippen LogP contribution in [0.15, 0.2) is 10.2 Å². The smallest absolute Gasteiger partial charge is 0.304 e. The Bertz CT molecular complexity index is 371. The molecule has 1 aromatic heterocycles. The highest BCUT2D eigenvalue weighted by atomic mass is 32.1. The molecule has 1 unspecified atom stereocenters. The maximum absolute atomic E-state index is 11.3. The van der Waals surface area contributed by atoms with Gasteiger partial charge in [-0.2, -0.15) is 0 Å². The van der Waals surface area contributed by atoms with Crippen LogP contribution in [0.1, 0.15) is 25.5 Å². The second-order valence-electron chi connectivity index (χ2n) is 3.32. The average molecular weight is 229 g/mol. The van der Waals surface area contributed by atoms with E-state index in [1.807, 2.05) is 6.92 Å². The Morgan fingerprint density at radius 2 is 2.47 bits per heavy atom. The van der Waals surface area contributed by atoms with Crippen molar-refractivity contribution in [3.8, 4) is 0 Å². The Balaban J connectivity index is 2.31. The molecule has 0 saturated heterocycles. The van der Waals surface area contributed by atoms with Crippen molar-refractivity contribution in [1.82, 2.24) is 10.3 Å². The highest BCUT2D eigenvalue weighted by Gasteiger charge is 2.07. The average Bonchev–Trinajstić information content (AvgIpc) is 2.61. The molecular weight excluding hydrogens is 214 g/mol. The van der Waals surface area contributed by atoms with Gasteiger partial charge in [-0.25, -0.2) is 0 Å². The Morgan fingerprint density at radius 3 is 3.00 bits per heavy atom. The van der Waals surface area contributed by atoms with Gasteiger partial charge < -0.3 is 16.0 Å². The maximum atomic E-state index is 11.3. The normalized spacial score (nSPS) is 12.4. The first kappa shape index (κ1) is 11.9. The molecule has 0 fully saturated rings. The van der Waals surface area contributed by atoms with E-state index >= 15 is 0 Å². The van der Waals surface area contributed by atoms with Gasteiger partial charge in [-0.15, -0.1) is 0 Å². The Hall–Kier alpha value is -1.14. The monoisotopic (exact) mass is 229 g/mol. The number of nitrogens with one attached hydrogen (secondary N) is 2. The van der Waals surface area contributed by atoms with E-state index < -0.39 is 0 Å². The summed E-state index contributed by atoms with van der Waals surface area (Å²) in [6.45, 7) is 2.29. The fourth-order valence-corrected chi connectivity index (χ4v) is 1.63. The molecule has 1 rings (SSSR count). The van der Waals surface area contributed by atoms with E-state index in [9.17, 15) is 9.59 Å². The molecule has 0 aliphatic heterocycles. The molecule has 15 heavy (non-hydrogen) atoms. The van der Waals surface area contributed by atoms with Crippen LogP contribution in [-0.4, -0.2) is 16.9 Å². The highest BCUT2D eigenvalue weighted by Crippen LogP contribution is 1.96. The lowest BCUT2D eigenvalue weighted by molar-refractivity contribution is -0.121. The summed E-state index contributed by atoms with van der Waals surface area (Å²) in [5, 5.41) is 4.39. The van der Waals surface area contributed by atoms with E-state index in [2.05, 4.69) is 10.3 Å². The van der Waals surface area contributed by atoms with Crippen molar-refractivity contribution in [3.05, 3.63) is 20.7 Å². The quantitative estimate of drug-likeness (QED) is 0.673. The molecule has 5 nitrogen and oxygen atoms in total. The van der Waals surface area contributed by atoms with E-state index in [0.29, 0.717) is 13.0 Å². The molecule has 4 N–H and O–H groups in total. The van der Waals surface area contributed by atoms with E-state index in [4.69, 9.17) is 5.73 Å². The van der Waals surface area contributed by atoms with Gasteiger partial charge in [0.1, 0.15) is 0 Å². The summed E-state index contributed by atoms with van der Waals surface area (Å²) >= 11 is 1.09. The van der Waals surface area contributed by atoms with Crippen molar-refractivity contribution in [1.29, 1.82) is 0 Å². The van der Waals surface area contributed by atoms with Crippen LogP contribution >= 0.6 is 11.3 Å². The minimum Gasteiger partial charge on any atom is -0.350 e. The minimum absolute atomic E-state index is 0.0867. The molecule has 0 saturated carbocycles. The van der Waals surface area contributed by atoms with Crippen molar-refractivity contribution >= 4 is 17.2 Å². The summed E-state index contributed by atoms with van der Waals surface area (Å²) in [6.07, 6.45) is 1.10. The van der Waals surface area contributed by atoms with Crippen molar-refractivity contribution in [3.63, 3.8) is 0 Å². The van der Waals surface area contributed by atoms with Crippen LogP contribution in [0.4, 0.5) is 0 Å². The predicted octanol–water partition coefficient (Wildman–Crippen LogP) is 0.180. The largest absolute Gasteiger partial charge is 0.350 e. The van der Waals surface area contributed by atoms with Crippen molar-refractivity contribution < 1.29 is 4.79 Å². The zero-order valence-corrected chi connectivity index (χ0v) is 9.39. The lowest BCUT2D eigenvalue weighted by Crippen LogP contribution is -2.31. The molecule has 6 heteroatoms. The molecular formula is C9H15N3O2S. The number of amides is 1. The van der Waals surface area contributed by atoms with E-state index in [1.165, 1.54) is 0 Å². The van der Waals surface area contributed by atoms with Gasteiger partial charge >= 0.3 is 4.87 Å². The van der Waals surface area contributed by atoms with E-state index in [0.717, 1.165) is 23.5 Å². The predicted molar refractivity (Wildman–Crippen MR) is 59.7 cm³/mol.